The van der Waals surface area contributed by atoms with Crippen LogP contribution in [0.25, 0.3) is 0 Å². The molecule has 0 fully saturated rings. The van der Waals surface area contributed by atoms with Gasteiger partial charge in [-0.05, 0) is 11.8 Å². The number of nitrogens with zero attached hydrogens (tertiary/aromatic N) is 1. The summed E-state index contributed by atoms with van der Waals surface area (Å²) < 4.78 is 22.8. The van der Waals surface area contributed by atoms with Gasteiger partial charge in [-0.15, -0.1) is 0 Å². The molecule has 80 valence electrons. The van der Waals surface area contributed by atoms with E-state index in [-0.39, 0.29) is 11.2 Å². The van der Waals surface area contributed by atoms with E-state index in [1.165, 1.54) is 0 Å². The second kappa shape index (κ2) is 6.11. The lowest BCUT2D eigenvalue weighted by molar-refractivity contribution is 0.276. The first kappa shape index (κ1) is 13.5. The first-order valence-electron chi connectivity index (χ1n) is 4.34. The summed E-state index contributed by atoms with van der Waals surface area (Å²) in [5.41, 5.74) is 0.0413. The van der Waals surface area contributed by atoms with E-state index in [0.29, 0.717) is 6.42 Å². The van der Waals surface area contributed by atoms with Crippen LogP contribution in [0.15, 0.2) is 0 Å². The monoisotopic (exact) mass is 270 g/mol. The van der Waals surface area contributed by atoms with Crippen molar-refractivity contribution in [3.05, 3.63) is 0 Å². The van der Waals surface area contributed by atoms with Gasteiger partial charge < -0.3 is 4.55 Å². The molecular weight excluding hydrogens is 254 g/mol. The molecule has 1 atom stereocenters. The highest BCUT2D eigenvalue weighted by Crippen LogP contribution is 2.23. The van der Waals surface area contributed by atoms with Crippen molar-refractivity contribution in [2.45, 2.75) is 27.2 Å². The van der Waals surface area contributed by atoms with Crippen molar-refractivity contribution in [1.82, 2.24) is 3.93 Å². The molecule has 0 amide bonds. The zero-order valence-electron chi connectivity index (χ0n) is 8.38. The molecule has 5 heteroatoms. The highest BCUT2D eigenvalue weighted by atomic mass is 79.9. The zero-order valence-corrected chi connectivity index (χ0v) is 10.8. The fraction of sp³-hybridized carbons (Fsp3) is 1.00. The van der Waals surface area contributed by atoms with Crippen molar-refractivity contribution < 1.29 is 8.76 Å². The lowest BCUT2D eigenvalue weighted by Crippen LogP contribution is -2.29. The Hall–Kier alpha value is 0.550. The summed E-state index contributed by atoms with van der Waals surface area (Å²) in [6.07, 6.45) is 0.700. The molecule has 0 aromatic carbocycles. The molecule has 0 aliphatic heterocycles. The van der Waals surface area contributed by atoms with E-state index < -0.39 is 11.1 Å². The Morgan fingerprint density at radius 3 is 2.46 bits per heavy atom. The van der Waals surface area contributed by atoms with Crippen LogP contribution in [0.4, 0.5) is 0 Å². The molecule has 0 bridgehead atoms. The van der Waals surface area contributed by atoms with Gasteiger partial charge in [-0.3, -0.25) is 4.21 Å². The number of rotatable bonds is 6. The van der Waals surface area contributed by atoms with Crippen LogP contribution < -0.4 is 0 Å². The van der Waals surface area contributed by atoms with Gasteiger partial charge in [0, 0.05) is 35.0 Å². The van der Waals surface area contributed by atoms with Gasteiger partial charge in [0.25, 0.3) is 0 Å². The minimum Gasteiger partial charge on any atom is -0.772 e. The molecule has 0 saturated carbocycles. The Labute approximate surface area is 91.5 Å². The summed E-state index contributed by atoms with van der Waals surface area (Å²) in [5.74, 6) is 0.248. The predicted molar refractivity (Wildman–Crippen MR) is 58.4 cm³/mol. The molecule has 13 heavy (non-hydrogen) atoms. The van der Waals surface area contributed by atoms with Crippen LogP contribution in [-0.4, -0.2) is 31.5 Å². The zero-order chi connectivity index (χ0) is 10.5. The van der Waals surface area contributed by atoms with E-state index in [1.807, 2.05) is 3.93 Å². The molecule has 3 nitrogen and oxygen atoms in total. The Balaban J connectivity index is 3.85. The van der Waals surface area contributed by atoms with Crippen LogP contribution in [0.5, 0.6) is 0 Å². The Kier molecular flexibility index (Phi) is 6.37. The van der Waals surface area contributed by atoms with Crippen LogP contribution in [0, 0.1) is 5.41 Å². The van der Waals surface area contributed by atoms with E-state index >= 15 is 0 Å². The van der Waals surface area contributed by atoms with Gasteiger partial charge in [0.15, 0.2) is 0 Å². The summed E-state index contributed by atoms with van der Waals surface area (Å²) in [4.78, 5) is 0. The largest absolute Gasteiger partial charge is 0.772 e. The summed E-state index contributed by atoms with van der Waals surface area (Å²) >= 11 is 1.49. The number of hydrogen-bond acceptors (Lipinski definition) is 3. The molecule has 0 N–H and O–H groups in total. The highest BCUT2D eigenvalue weighted by Gasteiger charge is 2.19. The third kappa shape index (κ3) is 7.61. The summed E-state index contributed by atoms with van der Waals surface area (Å²) in [7, 11) is 0. The Morgan fingerprint density at radius 1 is 1.54 bits per heavy atom. The quantitative estimate of drug-likeness (QED) is 0.547. The van der Waals surface area contributed by atoms with Crippen molar-refractivity contribution >= 4 is 27.2 Å². The van der Waals surface area contributed by atoms with Crippen LogP contribution >= 0.6 is 16.1 Å². The van der Waals surface area contributed by atoms with Crippen LogP contribution in [0.1, 0.15) is 27.2 Å². The second-order valence-electron chi connectivity index (χ2n) is 3.86. The van der Waals surface area contributed by atoms with Gasteiger partial charge in [-0.25, -0.2) is 3.93 Å². The number of hydrogen-bond donors (Lipinski definition) is 0. The minimum absolute atomic E-state index is 0.0413. The molecule has 0 spiro atoms. The van der Waals surface area contributed by atoms with Crippen molar-refractivity contribution in [3.8, 4) is 0 Å². The molecule has 0 saturated heterocycles. The van der Waals surface area contributed by atoms with Crippen LogP contribution in [-0.2, 0) is 11.1 Å². The standard InChI is InChI=1S/C8H18BrNO2S/c1-4-10(9)7-8(2,3)5-6-13(11)12/h4-7H2,1-3H3,(H,11,12)/p-1. The third-order valence-corrected chi connectivity index (χ3v) is 3.18. The first-order chi connectivity index (χ1) is 5.87. The Morgan fingerprint density at radius 2 is 2.08 bits per heavy atom. The van der Waals surface area contributed by atoms with Gasteiger partial charge in [0.1, 0.15) is 0 Å². The fourth-order valence-electron chi connectivity index (χ4n) is 1.01. The van der Waals surface area contributed by atoms with Crippen molar-refractivity contribution in [1.29, 1.82) is 0 Å². The van der Waals surface area contributed by atoms with Gasteiger partial charge >= 0.3 is 0 Å². The van der Waals surface area contributed by atoms with Crippen molar-refractivity contribution in [3.63, 3.8) is 0 Å². The van der Waals surface area contributed by atoms with E-state index in [2.05, 4.69) is 36.9 Å². The minimum atomic E-state index is -1.91. The third-order valence-electron chi connectivity index (χ3n) is 1.89. The van der Waals surface area contributed by atoms with Crippen molar-refractivity contribution in [2.75, 3.05) is 18.8 Å². The molecule has 0 rings (SSSR count). The highest BCUT2D eigenvalue weighted by molar-refractivity contribution is 9.07. The molecule has 0 aliphatic rings. The summed E-state index contributed by atoms with van der Waals surface area (Å²) in [6.45, 7) is 7.98. The average molecular weight is 271 g/mol. The van der Waals surface area contributed by atoms with E-state index in [0.717, 1.165) is 13.1 Å². The average Bonchev–Trinajstić information content (AvgIpc) is 2.00. The molecule has 0 radical (unpaired) electrons. The maximum absolute atomic E-state index is 10.4. The van der Waals surface area contributed by atoms with Gasteiger partial charge in [-0.2, -0.15) is 0 Å². The van der Waals surface area contributed by atoms with Gasteiger partial charge in [0.2, 0.25) is 0 Å². The van der Waals surface area contributed by atoms with Gasteiger partial charge in [-0.1, -0.05) is 31.9 Å². The summed E-state index contributed by atoms with van der Waals surface area (Å²) in [6, 6.07) is 0. The van der Waals surface area contributed by atoms with Crippen LogP contribution in [0.3, 0.4) is 0 Å². The molecular formula is C8H17BrNO2S-. The first-order valence-corrected chi connectivity index (χ1v) is 6.29. The maximum Gasteiger partial charge on any atom is 0.0144 e. The van der Waals surface area contributed by atoms with Crippen LogP contribution in [0.2, 0.25) is 0 Å². The maximum atomic E-state index is 10.4. The smallest absolute Gasteiger partial charge is 0.0144 e. The molecule has 0 heterocycles. The van der Waals surface area contributed by atoms with E-state index in [4.69, 9.17) is 0 Å². The fourth-order valence-corrected chi connectivity index (χ4v) is 2.41. The molecule has 0 aliphatic carbocycles. The van der Waals surface area contributed by atoms with E-state index in [9.17, 15) is 8.76 Å². The molecule has 0 aromatic rings. The van der Waals surface area contributed by atoms with E-state index in [1.54, 1.807) is 0 Å². The Bertz CT molecular complexity index is 176. The lowest BCUT2D eigenvalue weighted by Gasteiger charge is -2.28. The normalized spacial score (nSPS) is 14.9. The topological polar surface area (TPSA) is 43.4 Å². The van der Waals surface area contributed by atoms with Crippen molar-refractivity contribution in [2.24, 2.45) is 5.41 Å². The summed E-state index contributed by atoms with van der Waals surface area (Å²) in [5, 5.41) is 0. The second-order valence-corrected chi connectivity index (χ2v) is 5.88. The number of halogens is 1. The molecule has 1 unspecified atom stereocenters. The predicted octanol–water partition coefficient (Wildman–Crippen LogP) is 1.91. The van der Waals surface area contributed by atoms with Gasteiger partial charge in [0.05, 0.1) is 0 Å². The molecule has 0 aromatic heterocycles. The lowest BCUT2D eigenvalue weighted by atomic mass is 9.90. The SMILES string of the molecule is CCN(Br)CC(C)(C)CCS(=O)[O-].